The van der Waals surface area contributed by atoms with Crippen LogP contribution in [0, 0.1) is 0 Å². The molecule has 0 unspecified atom stereocenters. The summed E-state index contributed by atoms with van der Waals surface area (Å²) in [5.41, 5.74) is 7.03. The summed E-state index contributed by atoms with van der Waals surface area (Å²) in [7, 11) is 0. The highest BCUT2D eigenvalue weighted by Gasteiger charge is 2.32. The third-order valence-electron chi connectivity index (χ3n) is 2.53. The van der Waals surface area contributed by atoms with Crippen molar-refractivity contribution in [1.29, 1.82) is 0 Å². The van der Waals surface area contributed by atoms with Crippen LogP contribution in [-0.2, 0) is 12.2 Å². The average molecular weight is 243 g/mol. The number of nitrogens with two attached hydrogens (primary N) is 1. The smallest absolute Gasteiger partial charge is 0.338 e. The van der Waals surface area contributed by atoms with Crippen LogP contribution in [0.1, 0.15) is 34.6 Å². The van der Waals surface area contributed by atoms with E-state index in [1.165, 1.54) is 11.3 Å². The summed E-state index contributed by atoms with van der Waals surface area (Å²) in [6, 6.07) is 0. The van der Waals surface area contributed by atoms with Crippen molar-refractivity contribution in [1.82, 2.24) is 0 Å². The zero-order chi connectivity index (χ0) is 11.2. The molecular formula is C10H13NO2S2. The van der Waals surface area contributed by atoms with Crippen LogP contribution in [0.15, 0.2) is 0 Å². The lowest BCUT2D eigenvalue weighted by Crippen LogP contribution is -2.24. The molecule has 1 aliphatic rings. The van der Waals surface area contributed by atoms with Crippen LogP contribution in [-0.4, -0.2) is 15.8 Å². The lowest BCUT2D eigenvalue weighted by Gasteiger charge is -2.29. The molecule has 0 amide bonds. The number of hydrogen-bond acceptors (Lipinski definition) is 4. The van der Waals surface area contributed by atoms with Crippen LogP contribution in [0.4, 0.5) is 5.00 Å². The van der Waals surface area contributed by atoms with Crippen molar-refractivity contribution < 1.29 is 9.90 Å². The molecule has 0 radical (unpaired) electrons. The molecule has 0 spiro atoms. The molecule has 2 rings (SSSR count). The Morgan fingerprint density at radius 3 is 2.80 bits per heavy atom. The van der Waals surface area contributed by atoms with Crippen molar-refractivity contribution in [3.8, 4) is 0 Å². The second-order valence-electron chi connectivity index (χ2n) is 4.27. The highest BCUT2D eigenvalue weighted by atomic mass is 32.2. The Labute approximate surface area is 96.7 Å². The minimum atomic E-state index is -0.896. The second kappa shape index (κ2) is 3.42. The number of hydrogen-bond donors (Lipinski definition) is 2. The zero-order valence-electron chi connectivity index (χ0n) is 8.66. The largest absolute Gasteiger partial charge is 0.478 e. The Morgan fingerprint density at radius 1 is 1.53 bits per heavy atom. The maximum atomic E-state index is 11.1. The van der Waals surface area contributed by atoms with Gasteiger partial charge in [0.15, 0.2) is 0 Å². The molecule has 0 fully saturated rings. The molecule has 1 aromatic rings. The van der Waals surface area contributed by atoms with Crippen LogP contribution in [0.3, 0.4) is 0 Å². The minimum absolute atomic E-state index is 0.116. The van der Waals surface area contributed by atoms with E-state index in [1.54, 1.807) is 0 Å². The SMILES string of the molecule is CC1(C)Cc2c(sc(N)c2C(=O)O)CS1. The average Bonchev–Trinajstić information content (AvgIpc) is 2.38. The van der Waals surface area contributed by atoms with Gasteiger partial charge >= 0.3 is 5.97 Å². The summed E-state index contributed by atoms with van der Waals surface area (Å²) in [4.78, 5) is 12.2. The Morgan fingerprint density at radius 2 is 2.20 bits per heavy atom. The topological polar surface area (TPSA) is 63.3 Å². The van der Waals surface area contributed by atoms with Crippen molar-refractivity contribution in [3.05, 3.63) is 16.0 Å². The van der Waals surface area contributed by atoms with E-state index in [0.29, 0.717) is 10.6 Å². The van der Waals surface area contributed by atoms with Gasteiger partial charge in [0.1, 0.15) is 5.00 Å². The number of fused-ring (bicyclic) bond motifs is 1. The van der Waals surface area contributed by atoms with Gasteiger partial charge in [-0.05, 0) is 12.0 Å². The fourth-order valence-electron chi connectivity index (χ4n) is 1.81. The van der Waals surface area contributed by atoms with Crippen molar-refractivity contribution in [3.63, 3.8) is 0 Å². The summed E-state index contributed by atoms with van der Waals surface area (Å²) < 4.78 is 0.116. The summed E-state index contributed by atoms with van der Waals surface area (Å²) in [6.07, 6.45) is 0.794. The fraction of sp³-hybridized carbons (Fsp3) is 0.500. The number of thiophene rings is 1. The van der Waals surface area contributed by atoms with E-state index < -0.39 is 5.97 Å². The van der Waals surface area contributed by atoms with E-state index in [2.05, 4.69) is 13.8 Å². The first-order valence-electron chi connectivity index (χ1n) is 4.68. The second-order valence-corrected chi connectivity index (χ2v) is 7.09. The Bertz CT molecular complexity index is 423. The number of thioether (sulfide) groups is 1. The normalized spacial score (nSPS) is 18.5. The number of carbonyl (C=O) groups is 1. The molecule has 0 saturated heterocycles. The standard InChI is InChI=1S/C10H13NO2S2/c1-10(2)3-5-6(4-14-10)15-8(11)7(5)9(12)13/h3-4,11H2,1-2H3,(H,12,13). The van der Waals surface area contributed by atoms with Gasteiger partial charge in [-0.2, -0.15) is 0 Å². The predicted octanol–water partition coefficient (Wildman–Crippen LogP) is 2.60. The van der Waals surface area contributed by atoms with Crippen LogP contribution < -0.4 is 5.73 Å². The molecule has 0 aromatic carbocycles. The van der Waals surface area contributed by atoms with Gasteiger partial charge in [-0.1, -0.05) is 13.8 Å². The molecule has 3 N–H and O–H groups in total. The molecule has 0 aliphatic carbocycles. The van der Waals surface area contributed by atoms with E-state index in [9.17, 15) is 4.79 Å². The quantitative estimate of drug-likeness (QED) is 0.795. The maximum absolute atomic E-state index is 11.1. The highest BCUT2D eigenvalue weighted by Crippen LogP contribution is 2.44. The molecule has 0 atom stereocenters. The van der Waals surface area contributed by atoms with Gasteiger partial charge in [0, 0.05) is 15.4 Å². The summed E-state index contributed by atoms with van der Waals surface area (Å²) in [6.45, 7) is 4.28. The fourth-order valence-corrected chi connectivity index (χ4v) is 4.04. The number of aromatic carboxylic acids is 1. The molecule has 0 saturated carbocycles. The van der Waals surface area contributed by atoms with Gasteiger partial charge in [-0.15, -0.1) is 23.1 Å². The van der Waals surface area contributed by atoms with Crippen LogP contribution in [0.2, 0.25) is 0 Å². The zero-order valence-corrected chi connectivity index (χ0v) is 10.3. The lowest BCUT2D eigenvalue weighted by molar-refractivity contribution is 0.0697. The first-order chi connectivity index (χ1) is 6.91. The van der Waals surface area contributed by atoms with Gasteiger partial charge in [0.25, 0.3) is 0 Å². The Hall–Kier alpha value is -0.680. The molecule has 0 bridgehead atoms. The highest BCUT2D eigenvalue weighted by molar-refractivity contribution is 8.00. The lowest BCUT2D eigenvalue weighted by atomic mass is 9.98. The van der Waals surface area contributed by atoms with E-state index in [0.717, 1.165) is 22.6 Å². The third kappa shape index (κ3) is 1.86. The molecule has 1 aliphatic heterocycles. The molecule has 15 heavy (non-hydrogen) atoms. The number of carboxylic acids is 1. The summed E-state index contributed by atoms with van der Waals surface area (Å²) >= 11 is 3.28. The predicted molar refractivity (Wildman–Crippen MR) is 64.8 cm³/mol. The van der Waals surface area contributed by atoms with Crippen molar-refractivity contribution in [2.24, 2.45) is 0 Å². The van der Waals surface area contributed by atoms with Crippen LogP contribution in [0.25, 0.3) is 0 Å². The third-order valence-corrected chi connectivity index (χ3v) is 5.13. The first kappa shape index (κ1) is 10.8. The Balaban J connectivity index is 2.51. The number of anilines is 1. The number of nitrogen functional groups attached to an aromatic ring is 1. The van der Waals surface area contributed by atoms with Crippen molar-refractivity contribution in [2.45, 2.75) is 30.8 Å². The molecule has 82 valence electrons. The van der Waals surface area contributed by atoms with Crippen molar-refractivity contribution >= 4 is 34.1 Å². The molecule has 3 nitrogen and oxygen atoms in total. The monoisotopic (exact) mass is 243 g/mol. The molecule has 1 aromatic heterocycles. The first-order valence-corrected chi connectivity index (χ1v) is 6.48. The number of rotatable bonds is 1. The van der Waals surface area contributed by atoms with E-state index >= 15 is 0 Å². The van der Waals surface area contributed by atoms with Gasteiger partial charge < -0.3 is 10.8 Å². The van der Waals surface area contributed by atoms with Crippen molar-refractivity contribution in [2.75, 3.05) is 5.73 Å². The van der Waals surface area contributed by atoms with Gasteiger partial charge in [-0.3, -0.25) is 0 Å². The summed E-state index contributed by atoms with van der Waals surface area (Å²) in [5, 5.41) is 9.55. The van der Waals surface area contributed by atoms with Gasteiger partial charge in [0.2, 0.25) is 0 Å². The molecule has 2 heterocycles. The van der Waals surface area contributed by atoms with E-state index in [4.69, 9.17) is 10.8 Å². The Kier molecular flexibility index (Phi) is 2.47. The van der Waals surface area contributed by atoms with Crippen LogP contribution in [0.5, 0.6) is 0 Å². The van der Waals surface area contributed by atoms with Gasteiger partial charge in [0.05, 0.1) is 5.56 Å². The number of carboxylic acid groups (broad SMARTS) is 1. The molecular weight excluding hydrogens is 230 g/mol. The maximum Gasteiger partial charge on any atom is 0.338 e. The summed E-state index contributed by atoms with van der Waals surface area (Å²) in [5.74, 6) is -0.0162. The molecule has 5 heteroatoms. The van der Waals surface area contributed by atoms with E-state index in [-0.39, 0.29) is 4.75 Å². The van der Waals surface area contributed by atoms with Gasteiger partial charge in [-0.25, -0.2) is 4.79 Å². The van der Waals surface area contributed by atoms with Crippen LogP contribution >= 0.6 is 23.1 Å². The van der Waals surface area contributed by atoms with E-state index in [1.807, 2.05) is 11.8 Å². The minimum Gasteiger partial charge on any atom is -0.478 e.